The second kappa shape index (κ2) is 6.96. The highest BCUT2D eigenvalue weighted by atomic mass is 32.2. The summed E-state index contributed by atoms with van der Waals surface area (Å²) in [6.07, 6.45) is 4.77. The van der Waals surface area contributed by atoms with Crippen LogP contribution in [-0.2, 0) is 20.6 Å². The molecule has 4 nitrogen and oxygen atoms in total. The van der Waals surface area contributed by atoms with Crippen molar-refractivity contribution in [1.29, 1.82) is 0 Å². The van der Waals surface area contributed by atoms with E-state index < -0.39 is 16.9 Å². The van der Waals surface area contributed by atoms with Crippen molar-refractivity contribution in [1.82, 2.24) is 4.31 Å². The Morgan fingerprint density at radius 1 is 1.16 bits per heavy atom. The molecule has 3 unspecified atom stereocenters. The summed E-state index contributed by atoms with van der Waals surface area (Å²) in [5.41, 5.74) is 4.67. The molecule has 1 aliphatic carbocycles. The number of Topliss-reactive ketones (excluding diaryl/α,β-unsaturated/α-hetero) is 1. The number of carbonyl (C=O) groups is 2. The summed E-state index contributed by atoms with van der Waals surface area (Å²) in [6.45, 7) is 7.49. The van der Waals surface area contributed by atoms with Crippen molar-refractivity contribution in [3.8, 4) is 0 Å². The first-order valence-electron chi connectivity index (χ1n) is 8.72. The van der Waals surface area contributed by atoms with Gasteiger partial charge in [-0.2, -0.15) is 0 Å². The second-order valence-electron chi connectivity index (χ2n) is 7.35. The minimum atomic E-state index is -0.964. The van der Waals surface area contributed by atoms with Crippen LogP contribution in [0.5, 0.6) is 0 Å². The molecule has 1 heterocycles. The van der Waals surface area contributed by atoms with Gasteiger partial charge in [0.25, 0.3) is 0 Å². The van der Waals surface area contributed by atoms with Crippen molar-refractivity contribution < 1.29 is 13.8 Å². The van der Waals surface area contributed by atoms with Crippen LogP contribution in [0.2, 0.25) is 0 Å². The van der Waals surface area contributed by atoms with E-state index >= 15 is 0 Å². The molecule has 0 spiro atoms. The Bertz CT molecular complexity index is 773. The Morgan fingerprint density at radius 3 is 2.36 bits per heavy atom. The predicted octanol–water partition coefficient (Wildman–Crippen LogP) is 2.78. The van der Waals surface area contributed by atoms with Crippen LogP contribution in [0.1, 0.15) is 41.0 Å². The molecule has 0 amide bonds. The van der Waals surface area contributed by atoms with Gasteiger partial charge < -0.3 is 0 Å². The van der Waals surface area contributed by atoms with Gasteiger partial charge in [-0.1, -0.05) is 17.7 Å². The average Bonchev–Trinajstić information content (AvgIpc) is 3.07. The zero-order chi connectivity index (χ0) is 18.3. The lowest BCUT2D eigenvalue weighted by molar-refractivity contribution is -0.123. The molecule has 3 atom stereocenters. The maximum Gasteiger partial charge on any atom is 0.174 e. The molecule has 134 valence electrons. The molecule has 25 heavy (non-hydrogen) atoms. The van der Waals surface area contributed by atoms with Gasteiger partial charge in [-0.3, -0.25) is 9.59 Å². The fourth-order valence-corrected chi connectivity index (χ4v) is 5.01. The summed E-state index contributed by atoms with van der Waals surface area (Å²) >= 11 is 0. The Hall–Kier alpha value is -1.59. The number of benzene rings is 1. The van der Waals surface area contributed by atoms with E-state index in [1.54, 1.807) is 12.3 Å². The number of carbonyl (C=O) groups excluding carboxylic acids is 2. The third-order valence-electron chi connectivity index (χ3n) is 5.33. The molecule has 2 aliphatic rings. The van der Waals surface area contributed by atoms with Crippen LogP contribution in [0, 0.1) is 26.7 Å². The van der Waals surface area contributed by atoms with Crippen molar-refractivity contribution in [2.24, 2.45) is 5.92 Å². The maximum absolute atomic E-state index is 12.9. The number of hydrogen-bond donors (Lipinski definition) is 0. The second-order valence-corrected chi connectivity index (χ2v) is 8.72. The Morgan fingerprint density at radius 2 is 1.80 bits per heavy atom. The molecule has 1 saturated heterocycles. The average molecular weight is 359 g/mol. The highest BCUT2D eigenvalue weighted by Gasteiger charge is 2.38. The molecular formula is C20H25NO3S. The Labute approximate surface area is 151 Å². The Kier molecular flexibility index (Phi) is 5.07. The van der Waals surface area contributed by atoms with Crippen LogP contribution < -0.4 is 0 Å². The van der Waals surface area contributed by atoms with Gasteiger partial charge in [-0.25, -0.2) is 8.51 Å². The molecule has 1 aromatic carbocycles. The Balaban J connectivity index is 1.79. The summed E-state index contributed by atoms with van der Waals surface area (Å²) in [5, 5.41) is 0. The minimum Gasteiger partial charge on any atom is -0.294 e. The van der Waals surface area contributed by atoms with E-state index in [1.807, 2.05) is 37.2 Å². The third kappa shape index (κ3) is 3.53. The largest absolute Gasteiger partial charge is 0.294 e. The highest BCUT2D eigenvalue weighted by Crippen LogP contribution is 2.36. The first-order valence-corrected chi connectivity index (χ1v) is 10.2. The summed E-state index contributed by atoms with van der Waals surface area (Å²) in [6, 6.07) is 4.07. The quantitative estimate of drug-likeness (QED) is 0.777. The molecule has 1 fully saturated rings. The smallest absolute Gasteiger partial charge is 0.174 e. The van der Waals surface area contributed by atoms with Crippen LogP contribution in [-0.4, -0.2) is 39.4 Å². The van der Waals surface area contributed by atoms with Crippen LogP contribution in [0.15, 0.2) is 23.8 Å². The summed E-state index contributed by atoms with van der Waals surface area (Å²) < 4.78 is 13.5. The summed E-state index contributed by atoms with van der Waals surface area (Å²) in [7, 11) is -0.964. The number of allylic oxidation sites excluding steroid dienone is 2. The molecule has 1 aliphatic heterocycles. The lowest BCUT2D eigenvalue weighted by Crippen LogP contribution is -2.22. The number of rotatable bonds is 4. The van der Waals surface area contributed by atoms with E-state index in [0.29, 0.717) is 17.9 Å². The molecule has 0 aromatic heterocycles. The van der Waals surface area contributed by atoms with Gasteiger partial charge in [0.05, 0.1) is 11.0 Å². The van der Waals surface area contributed by atoms with Gasteiger partial charge in [0.2, 0.25) is 0 Å². The van der Waals surface area contributed by atoms with Crippen molar-refractivity contribution in [2.45, 2.75) is 39.5 Å². The van der Waals surface area contributed by atoms with E-state index in [1.165, 1.54) is 0 Å². The minimum absolute atomic E-state index is 0.0453. The SMILES string of the molecule is Cc1cc(C)c(C2C(=O)C=C(CC3CCN(S(C)=O)C3)C2=O)c(C)c1. The van der Waals surface area contributed by atoms with E-state index in [4.69, 9.17) is 0 Å². The lowest BCUT2D eigenvalue weighted by Gasteiger charge is -2.17. The monoisotopic (exact) mass is 359 g/mol. The summed E-state index contributed by atoms with van der Waals surface area (Å²) in [5.74, 6) is -0.514. The highest BCUT2D eigenvalue weighted by molar-refractivity contribution is 7.81. The number of aryl methyl sites for hydroxylation is 3. The maximum atomic E-state index is 12.9. The van der Waals surface area contributed by atoms with Gasteiger partial charge in [0.15, 0.2) is 11.6 Å². The van der Waals surface area contributed by atoms with Crippen molar-refractivity contribution in [2.75, 3.05) is 19.3 Å². The van der Waals surface area contributed by atoms with E-state index in [0.717, 1.165) is 41.8 Å². The van der Waals surface area contributed by atoms with Gasteiger partial charge in [-0.15, -0.1) is 0 Å². The standard InChI is InChI=1S/C20H25NO3S/c1-12-7-13(2)18(14(3)8-12)19-17(22)10-16(20(19)23)9-15-5-6-21(11-15)25(4)24/h7-8,10,15,19H,5-6,9,11H2,1-4H3. The van der Waals surface area contributed by atoms with Crippen LogP contribution in [0.3, 0.4) is 0 Å². The van der Waals surface area contributed by atoms with Crippen LogP contribution in [0.25, 0.3) is 0 Å². The van der Waals surface area contributed by atoms with Crippen molar-refractivity contribution in [3.63, 3.8) is 0 Å². The predicted molar refractivity (Wildman–Crippen MR) is 99.9 cm³/mol. The van der Waals surface area contributed by atoms with E-state index in [2.05, 4.69) is 0 Å². The molecule has 0 N–H and O–H groups in total. The first-order chi connectivity index (χ1) is 11.8. The fourth-order valence-electron chi connectivity index (χ4n) is 4.23. The zero-order valence-electron chi connectivity index (χ0n) is 15.3. The number of ketones is 2. The lowest BCUT2D eigenvalue weighted by atomic mass is 9.85. The molecular weight excluding hydrogens is 334 g/mol. The molecule has 3 rings (SSSR count). The molecule has 0 saturated carbocycles. The van der Waals surface area contributed by atoms with Gasteiger partial charge in [-0.05, 0) is 62.3 Å². The molecule has 1 aromatic rings. The van der Waals surface area contributed by atoms with E-state index in [-0.39, 0.29) is 11.6 Å². The molecule has 5 heteroatoms. The van der Waals surface area contributed by atoms with Crippen LogP contribution >= 0.6 is 0 Å². The summed E-state index contributed by atoms with van der Waals surface area (Å²) in [4.78, 5) is 25.5. The zero-order valence-corrected chi connectivity index (χ0v) is 16.1. The van der Waals surface area contributed by atoms with Gasteiger partial charge in [0.1, 0.15) is 5.92 Å². The van der Waals surface area contributed by atoms with Crippen LogP contribution in [0.4, 0.5) is 0 Å². The van der Waals surface area contributed by atoms with Crippen molar-refractivity contribution in [3.05, 3.63) is 46.0 Å². The number of nitrogens with zero attached hydrogens (tertiary/aromatic N) is 1. The van der Waals surface area contributed by atoms with E-state index in [9.17, 15) is 13.8 Å². The topological polar surface area (TPSA) is 54.5 Å². The normalized spacial score (nSPS) is 25.5. The third-order valence-corrected chi connectivity index (χ3v) is 6.39. The molecule has 0 radical (unpaired) electrons. The van der Waals surface area contributed by atoms with Gasteiger partial charge >= 0.3 is 0 Å². The van der Waals surface area contributed by atoms with Gasteiger partial charge in [0, 0.05) is 24.9 Å². The fraction of sp³-hybridized carbons (Fsp3) is 0.500. The molecule has 0 bridgehead atoms. The van der Waals surface area contributed by atoms with Crippen molar-refractivity contribution >= 4 is 22.6 Å². The first kappa shape index (κ1) is 18.2. The number of hydrogen-bond acceptors (Lipinski definition) is 3.